The molecule has 6 heteroatoms. The van der Waals surface area contributed by atoms with Gasteiger partial charge in [-0.05, 0) is 30.8 Å². The fourth-order valence-corrected chi connectivity index (χ4v) is 2.85. The van der Waals surface area contributed by atoms with Gasteiger partial charge < -0.3 is 26.6 Å². The van der Waals surface area contributed by atoms with Gasteiger partial charge in [-0.2, -0.15) is 0 Å². The summed E-state index contributed by atoms with van der Waals surface area (Å²) < 4.78 is 0. The summed E-state index contributed by atoms with van der Waals surface area (Å²) in [6, 6.07) is 0. The van der Waals surface area contributed by atoms with E-state index in [-0.39, 0.29) is 12.0 Å². The van der Waals surface area contributed by atoms with Crippen LogP contribution in [0, 0.1) is 5.41 Å². The maximum Gasteiger partial charge on any atom is 0.250 e. The molecule has 6 nitrogen and oxygen atoms in total. The van der Waals surface area contributed by atoms with E-state index >= 15 is 0 Å². The highest BCUT2D eigenvalue weighted by atomic mass is 16.3. The van der Waals surface area contributed by atoms with Gasteiger partial charge in [-0.3, -0.25) is 4.79 Å². The SMILES string of the molecule is CCCC(C)(C)C[C@H](O)N/C(=C/NC1=CCC=CC=C1C(N)=O)CO. The first-order valence-electron chi connectivity index (χ1n) is 8.67. The Hall–Kier alpha value is -2.05. The molecule has 0 saturated carbocycles. The molecule has 1 amide bonds. The van der Waals surface area contributed by atoms with Crippen LogP contribution in [0.2, 0.25) is 0 Å². The van der Waals surface area contributed by atoms with Gasteiger partial charge in [-0.25, -0.2) is 0 Å². The second-order valence-corrected chi connectivity index (χ2v) is 6.98. The molecule has 0 spiro atoms. The summed E-state index contributed by atoms with van der Waals surface area (Å²) >= 11 is 0. The molecular weight excluding hydrogens is 318 g/mol. The van der Waals surface area contributed by atoms with Gasteiger partial charge in [0.25, 0.3) is 5.91 Å². The number of amides is 1. The van der Waals surface area contributed by atoms with E-state index in [1.54, 1.807) is 18.4 Å². The monoisotopic (exact) mass is 349 g/mol. The molecule has 1 aliphatic rings. The van der Waals surface area contributed by atoms with Crippen LogP contribution in [0.1, 0.15) is 46.5 Å². The Labute approximate surface area is 150 Å². The Morgan fingerprint density at radius 2 is 2.20 bits per heavy atom. The predicted octanol–water partition coefficient (Wildman–Crippen LogP) is 1.79. The number of hydrogen-bond acceptors (Lipinski definition) is 5. The Kier molecular flexibility index (Phi) is 8.45. The minimum atomic E-state index is -0.766. The Morgan fingerprint density at radius 1 is 1.48 bits per heavy atom. The molecule has 1 atom stereocenters. The molecule has 1 rings (SSSR count). The van der Waals surface area contributed by atoms with Gasteiger partial charge >= 0.3 is 0 Å². The molecule has 0 fully saturated rings. The average Bonchev–Trinajstić information content (AvgIpc) is 2.76. The molecule has 0 saturated heterocycles. The summed E-state index contributed by atoms with van der Waals surface area (Å²) in [4.78, 5) is 11.5. The Bertz CT molecular complexity index is 574. The first kappa shape index (κ1) is 21.0. The molecule has 0 aromatic carbocycles. The number of allylic oxidation sites excluding steroid dienone is 4. The van der Waals surface area contributed by atoms with Crippen LogP contribution in [0.15, 0.2) is 47.5 Å². The average molecular weight is 349 g/mol. The van der Waals surface area contributed by atoms with Crippen molar-refractivity contribution >= 4 is 5.91 Å². The molecule has 140 valence electrons. The third-order valence-corrected chi connectivity index (χ3v) is 4.01. The molecule has 0 heterocycles. The van der Waals surface area contributed by atoms with Crippen LogP contribution in [0.25, 0.3) is 0 Å². The zero-order valence-electron chi connectivity index (χ0n) is 15.4. The van der Waals surface area contributed by atoms with Crippen molar-refractivity contribution in [2.24, 2.45) is 11.1 Å². The molecular formula is C19H31N3O3. The molecule has 0 aliphatic heterocycles. The predicted molar refractivity (Wildman–Crippen MR) is 99.9 cm³/mol. The number of hydrogen-bond donors (Lipinski definition) is 5. The van der Waals surface area contributed by atoms with Crippen molar-refractivity contribution < 1.29 is 15.0 Å². The number of rotatable bonds is 10. The summed E-state index contributed by atoms with van der Waals surface area (Å²) in [6.45, 7) is 6.06. The normalized spacial score (nSPS) is 16.6. The van der Waals surface area contributed by atoms with Crippen LogP contribution in [0.4, 0.5) is 0 Å². The number of aliphatic hydroxyl groups excluding tert-OH is 2. The van der Waals surface area contributed by atoms with Crippen LogP contribution in [-0.2, 0) is 4.79 Å². The van der Waals surface area contributed by atoms with Crippen molar-refractivity contribution in [2.45, 2.75) is 52.7 Å². The summed E-state index contributed by atoms with van der Waals surface area (Å²) in [7, 11) is 0. The van der Waals surface area contributed by atoms with Crippen molar-refractivity contribution in [2.75, 3.05) is 6.61 Å². The van der Waals surface area contributed by atoms with Gasteiger partial charge in [-0.15, -0.1) is 0 Å². The van der Waals surface area contributed by atoms with Crippen LogP contribution in [0.3, 0.4) is 0 Å². The maximum atomic E-state index is 11.5. The highest BCUT2D eigenvalue weighted by molar-refractivity contribution is 5.96. The fraction of sp³-hybridized carbons (Fsp3) is 0.526. The van der Waals surface area contributed by atoms with Gasteiger partial charge in [0.05, 0.1) is 17.9 Å². The van der Waals surface area contributed by atoms with Crippen LogP contribution >= 0.6 is 0 Å². The Morgan fingerprint density at radius 3 is 2.80 bits per heavy atom. The zero-order chi connectivity index (χ0) is 18.9. The molecule has 1 aliphatic carbocycles. The minimum Gasteiger partial charge on any atom is -0.390 e. The zero-order valence-corrected chi connectivity index (χ0v) is 15.4. The Balaban J connectivity index is 2.73. The van der Waals surface area contributed by atoms with E-state index < -0.39 is 12.1 Å². The summed E-state index contributed by atoms with van der Waals surface area (Å²) in [5, 5.41) is 25.7. The van der Waals surface area contributed by atoms with E-state index in [1.165, 1.54) is 0 Å². The number of nitrogens with two attached hydrogens (primary N) is 1. The lowest BCUT2D eigenvalue weighted by molar-refractivity contribution is -0.114. The summed E-state index contributed by atoms with van der Waals surface area (Å²) in [6.07, 6.45) is 11.2. The van der Waals surface area contributed by atoms with Crippen LogP contribution in [0.5, 0.6) is 0 Å². The van der Waals surface area contributed by atoms with E-state index in [1.807, 2.05) is 12.2 Å². The number of carbonyl (C=O) groups excluding carboxylic acids is 1. The number of nitrogens with one attached hydrogen (secondary N) is 2. The van der Waals surface area contributed by atoms with Gasteiger partial charge in [0, 0.05) is 11.9 Å². The summed E-state index contributed by atoms with van der Waals surface area (Å²) in [5.41, 5.74) is 6.78. The van der Waals surface area contributed by atoms with Crippen molar-refractivity contribution in [1.82, 2.24) is 10.6 Å². The fourth-order valence-electron chi connectivity index (χ4n) is 2.85. The van der Waals surface area contributed by atoms with E-state index in [0.29, 0.717) is 29.8 Å². The highest BCUT2D eigenvalue weighted by Gasteiger charge is 2.21. The second kappa shape index (κ2) is 10.1. The smallest absolute Gasteiger partial charge is 0.250 e. The largest absolute Gasteiger partial charge is 0.390 e. The first-order valence-corrected chi connectivity index (χ1v) is 8.67. The minimum absolute atomic E-state index is 0.00647. The lowest BCUT2D eigenvalue weighted by Gasteiger charge is -2.28. The number of primary amides is 1. The molecule has 0 bridgehead atoms. The molecule has 0 radical (unpaired) electrons. The van der Waals surface area contributed by atoms with Gasteiger partial charge in [-0.1, -0.05) is 45.4 Å². The first-order chi connectivity index (χ1) is 11.8. The number of carbonyl (C=O) groups is 1. The van der Waals surface area contributed by atoms with Crippen molar-refractivity contribution in [3.05, 3.63) is 47.5 Å². The van der Waals surface area contributed by atoms with Gasteiger partial charge in [0.2, 0.25) is 0 Å². The van der Waals surface area contributed by atoms with Crippen molar-refractivity contribution in [3.8, 4) is 0 Å². The van der Waals surface area contributed by atoms with E-state index in [0.717, 1.165) is 12.8 Å². The quantitative estimate of drug-likeness (QED) is 0.387. The number of aliphatic hydroxyl groups is 2. The van der Waals surface area contributed by atoms with Crippen LogP contribution < -0.4 is 16.4 Å². The van der Waals surface area contributed by atoms with Crippen molar-refractivity contribution in [3.63, 3.8) is 0 Å². The van der Waals surface area contributed by atoms with Crippen molar-refractivity contribution in [1.29, 1.82) is 0 Å². The van der Waals surface area contributed by atoms with E-state index in [2.05, 4.69) is 31.4 Å². The lowest BCUT2D eigenvalue weighted by Crippen LogP contribution is -2.35. The summed E-state index contributed by atoms with van der Waals surface area (Å²) in [5.74, 6) is -0.529. The van der Waals surface area contributed by atoms with E-state index in [9.17, 15) is 15.0 Å². The third-order valence-electron chi connectivity index (χ3n) is 4.01. The third kappa shape index (κ3) is 7.58. The van der Waals surface area contributed by atoms with Crippen LogP contribution in [-0.4, -0.2) is 29.0 Å². The molecule has 0 aromatic rings. The van der Waals surface area contributed by atoms with Gasteiger partial charge in [0.1, 0.15) is 6.23 Å². The maximum absolute atomic E-state index is 11.5. The molecule has 0 aromatic heterocycles. The second-order valence-electron chi connectivity index (χ2n) is 6.98. The molecule has 6 N–H and O–H groups in total. The van der Waals surface area contributed by atoms with E-state index in [4.69, 9.17) is 5.73 Å². The molecule has 0 unspecified atom stereocenters. The lowest BCUT2D eigenvalue weighted by atomic mass is 9.84. The van der Waals surface area contributed by atoms with Gasteiger partial charge in [0.15, 0.2) is 0 Å². The molecule has 25 heavy (non-hydrogen) atoms. The highest BCUT2D eigenvalue weighted by Crippen LogP contribution is 2.27. The standard InChI is InChI=1S/C19H31N3O3/c1-4-10-19(2,3)11-17(24)22-14(13-23)12-21-16-9-7-5-6-8-15(16)18(20)25/h5-6,8-9,12,17,21-24H,4,7,10-11,13H2,1-3H3,(H2,20,25)/b14-12+/t17-/m0/s1. The topological polar surface area (TPSA) is 108 Å².